The van der Waals surface area contributed by atoms with Gasteiger partial charge in [-0.1, -0.05) is 12.1 Å². The van der Waals surface area contributed by atoms with Gasteiger partial charge in [0.25, 0.3) is 12.8 Å². The van der Waals surface area contributed by atoms with Crippen LogP contribution in [0.5, 0.6) is 5.75 Å². The molecule has 3 unspecified atom stereocenters. The lowest BCUT2D eigenvalue weighted by Crippen LogP contribution is -2.54. The van der Waals surface area contributed by atoms with Crippen molar-refractivity contribution in [3.63, 3.8) is 0 Å². The normalized spacial score (nSPS) is 19.5. The zero-order valence-corrected chi connectivity index (χ0v) is 24.3. The maximum Gasteiger partial charge on any atom is 0.323 e. The zero-order valence-electron chi connectivity index (χ0n) is 24.3. The summed E-state index contributed by atoms with van der Waals surface area (Å²) in [5.41, 5.74) is 0.408. The van der Waals surface area contributed by atoms with Crippen LogP contribution in [0.15, 0.2) is 24.3 Å². The summed E-state index contributed by atoms with van der Waals surface area (Å²) >= 11 is 0. The lowest BCUT2D eigenvalue weighted by atomic mass is 10.0. The first kappa shape index (κ1) is 37.6. The van der Waals surface area contributed by atoms with Gasteiger partial charge in [-0.3, -0.25) is 38.8 Å². The number of alkyl halides is 4. The molecular formula is C27H38F4N4O10. The van der Waals surface area contributed by atoms with E-state index in [1.165, 1.54) is 43.9 Å². The van der Waals surface area contributed by atoms with Gasteiger partial charge in [0.1, 0.15) is 17.8 Å². The highest BCUT2D eigenvalue weighted by molar-refractivity contribution is 5.74. The number of hydrogen-bond donors (Lipinski definition) is 5. The lowest BCUT2D eigenvalue weighted by Gasteiger charge is -2.36. The number of aliphatic hydroxyl groups excluding tert-OH is 1. The van der Waals surface area contributed by atoms with Gasteiger partial charge in [-0.05, 0) is 24.1 Å². The third-order valence-electron chi connectivity index (χ3n) is 7.25. The summed E-state index contributed by atoms with van der Waals surface area (Å²) < 4.78 is 56.2. The van der Waals surface area contributed by atoms with Gasteiger partial charge in [0.05, 0.1) is 19.7 Å². The van der Waals surface area contributed by atoms with Crippen LogP contribution in [0, 0.1) is 0 Å². The molecular weight excluding hydrogens is 616 g/mol. The van der Waals surface area contributed by atoms with Crippen LogP contribution >= 0.6 is 0 Å². The SMILES string of the molecule is O=C(O)CN1CCN(C(Cc2ccc(OC(F)C(F)C(F)F)cc2)C(=O)O)CCN(CC(=O)O)CCN([C@@H](CO)C(=O)O)CC1. The third-order valence-corrected chi connectivity index (χ3v) is 7.25. The van der Waals surface area contributed by atoms with Crippen LogP contribution in [0.3, 0.4) is 0 Å². The van der Waals surface area contributed by atoms with E-state index in [4.69, 9.17) is 0 Å². The number of hydrogen-bond acceptors (Lipinski definition) is 10. The lowest BCUT2D eigenvalue weighted by molar-refractivity contribution is -0.146. The average Bonchev–Trinajstić information content (AvgIpc) is 2.95. The zero-order chi connectivity index (χ0) is 33.7. The number of halogens is 4. The number of rotatable bonds is 15. The number of aliphatic hydroxyl groups is 1. The monoisotopic (exact) mass is 654 g/mol. The fraction of sp³-hybridized carbons (Fsp3) is 0.630. The van der Waals surface area contributed by atoms with Gasteiger partial charge >= 0.3 is 23.9 Å². The molecule has 1 aromatic carbocycles. The van der Waals surface area contributed by atoms with E-state index >= 15 is 0 Å². The summed E-state index contributed by atoms with van der Waals surface area (Å²) in [4.78, 5) is 53.2. The van der Waals surface area contributed by atoms with Crippen molar-refractivity contribution in [3.05, 3.63) is 29.8 Å². The van der Waals surface area contributed by atoms with Crippen molar-refractivity contribution >= 4 is 23.9 Å². The Hall–Kier alpha value is -3.58. The van der Waals surface area contributed by atoms with Gasteiger partial charge in [-0.15, -0.1) is 0 Å². The standard InChI is InChI=1S/C27H38F4N4O10/c28-23(24(29)30)25(31)45-18-3-1-17(2-4-18)13-19(26(41)42)34-9-5-32(14-21(37)38)7-11-35(20(16-36)27(43)44)12-8-33(6-10-34)15-22(39)40/h1-4,19-20,23-25,36H,5-16H2,(H,37,38)(H,39,40)(H,41,42)(H,43,44)/t19?,20-,23?,25?/m0/s1. The molecule has 0 spiro atoms. The van der Waals surface area contributed by atoms with Crippen molar-refractivity contribution in [1.29, 1.82) is 0 Å². The number of aliphatic carboxylic acids is 4. The fourth-order valence-electron chi connectivity index (χ4n) is 4.81. The molecule has 1 heterocycles. The molecule has 0 aliphatic carbocycles. The molecule has 254 valence electrons. The Morgan fingerprint density at radius 1 is 0.689 bits per heavy atom. The fourth-order valence-corrected chi connectivity index (χ4v) is 4.81. The van der Waals surface area contributed by atoms with E-state index in [1.807, 2.05) is 0 Å². The molecule has 0 saturated carbocycles. The molecule has 2 rings (SSSR count). The molecule has 0 amide bonds. The van der Waals surface area contributed by atoms with E-state index in [0.717, 1.165) is 0 Å². The first-order valence-corrected chi connectivity index (χ1v) is 14.0. The Bertz CT molecular complexity index is 1090. The average molecular weight is 655 g/mol. The minimum Gasteiger partial charge on any atom is -0.480 e. The van der Waals surface area contributed by atoms with E-state index in [1.54, 1.807) is 0 Å². The second-order valence-electron chi connectivity index (χ2n) is 10.4. The Morgan fingerprint density at radius 3 is 1.47 bits per heavy atom. The first-order chi connectivity index (χ1) is 21.2. The largest absolute Gasteiger partial charge is 0.480 e. The van der Waals surface area contributed by atoms with Crippen molar-refractivity contribution in [2.75, 3.05) is 72.1 Å². The Balaban J connectivity index is 2.30. The summed E-state index contributed by atoms with van der Waals surface area (Å²) in [6.45, 7) is -1.37. The molecule has 1 saturated heterocycles. The van der Waals surface area contributed by atoms with Crippen molar-refractivity contribution in [3.8, 4) is 5.75 Å². The molecule has 1 fully saturated rings. The van der Waals surface area contributed by atoms with Crippen LogP contribution in [0.4, 0.5) is 17.6 Å². The van der Waals surface area contributed by atoms with E-state index < -0.39 is 74.6 Å². The number of carboxylic acid groups (broad SMARTS) is 4. The van der Waals surface area contributed by atoms with Crippen molar-refractivity contribution in [2.45, 2.75) is 37.5 Å². The molecule has 0 aromatic heterocycles. The smallest absolute Gasteiger partial charge is 0.323 e. The van der Waals surface area contributed by atoms with Crippen LogP contribution in [0.25, 0.3) is 0 Å². The van der Waals surface area contributed by atoms with E-state index in [0.29, 0.717) is 5.56 Å². The maximum absolute atomic E-state index is 13.6. The summed E-state index contributed by atoms with van der Waals surface area (Å²) in [5.74, 6) is -5.17. The molecule has 0 radical (unpaired) electrons. The van der Waals surface area contributed by atoms with Crippen LogP contribution < -0.4 is 4.74 Å². The van der Waals surface area contributed by atoms with Crippen molar-refractivity contribution in [1.82, 2.24) is 19.6 Å². The second kappa shape index (κ2) is 18.4. The van der Waals surface area contributed by atoms with Gasteiger partial charge in [0, 0.05) is 52.4 Å². The predicted molar refractivity (Wildman–Crippen MR) is 148 cm³/mol. The van der Waals surface area contributed by atoms with Crippen LogP contribution in [0.1, 0.15) is 5.56 Å². The molecule has 45 heavy (non-hydrogen) atoms. The van der Waals surface area contributed by atoms with Gasteiger partial charge in [-0.25, -0.2) is 13.2 Å². The minimum atomic E-state index is -3.59. The molecule has 1 aromatic rings. The molecule has 14 nitrogen and oxygen atoms in total. The first-order valence-electron chi connectivity index (χ1n) is 14.0. The molecule has 4 atom stereocenters. The highest BCUT2D eigenvalue weighted by Gasteiger charge is 2.32. The molecule has 1 aliphatic rings. The number of carboxylic acids is 4. The number of benzene rings is 1. The van der Waals surface area contributed by atoms with E-state index in [9.17, 15) is 62.3 Å². The summed E-state index contributed by atoms with van der Waals surface area (Å²) in [6, 6.07) is 2.53. The van der Waals surface area contributed by atoms with Crippen molar-refractivity contribution < 1.29 is 67.0 Å². The maximum atomic E-state index is 13.6. The summed E-state index contributed by atoms with van der Waals surface area (Å²) in [7, 11) is 0. The topological polar surface area (TPSA) is 192 Å². The Kier molecular flexibility index (Phi) is 15.4. The highest BCUT2D eigenvalue weighted by Crippen LogP contribution is 2.21. The predicted octanol–water partition coefficient (Wildman–Crippen LogP) is -0.204. The molecule has 1 aliphatic heterocycles. The van der Waals surface area contributed by atoms with Crippen molar-refractivity contribution in [2.24, 2.45) is 0 Å². The third kappa shape index (κ3) is 12.7. The summed E-state index contributed by atoms with van der Waals surface area (Å²) in [6.07, 6.45) is -9.79. The van der Waals surface area contributed by atoms with Gasteiger partial charge in [0.2, 0.25) is 6.17 Å². The molecule has 0 bridgehead atoms. The second-order valence-corrected chi connectivity index (χ2v) is 10.4. The number of carbonyl (C=O) groups is 4. The van der Waals surface area contributed by atoms with E-state index in [2.05, 4.69) is 4.74 Å². The van der Waals surface area contributed by atoms with E-state index in [-0.39, 0.29) is 64.5 Å². The van der Waals surface area contributed by atoms with Gasteiger partial charge < -0.3 is 30.3 Å². The Labute approximate surface area is 256 Å². The molecule has 18 heteroatoms. The highest BCUT2D eigenvalue weighted by atomic mass is 19.3. The summed E-state index contributed by atoms with van der Waals surface area (Å²) in [5, 5.41) is 48.2. The number of nitrogens with zero attached hydrogens (tertiary/aromatic N) is 4. The quantitative estimate of drug-likeness (QED) is 0.156. The molecule has 5 N–H and O–H groups in total. The van der Waals surface area contributed by atoms with Gasteiger partial charge in [-0.2, -0.15) is 4.39 Å². The van der Waals surface area contributed by atoms with Crippen LogP contribution in [-0.2, 0) is 25.6 Å². The van der Waals surface area contributed by atoms with Crippen LogP contribution in [-0.4, -0.2) is 172 Å². The van der Waals surface area contributed by atoms with Crippen LogP contribution in [0.2, 0.25) is 0 Å². The minimum absolute atomic E-state index is 0.0166. The van der Waals surface area contributed by atoms with Gasteiger partial charge in [0.15, 0.2) is 0 Å². The number of ether oxygens (including phenoxy) is 1. The Morgan fingerprint density at radius 2 is 1.11 bits per heavy atom.